The monoisotopic (exact) mass is 427 g/mol. The van der Waals surface area contributed by atoms with Crippen molar-refractivity contribution < 1.29 is 23.1 Å². The molecule has 152 valence electrons. The molecule has 0 spiro atoms. The SMILES string of the molecule is CC(C)n1ncc(C(=O)c2ccc(S(C)(=O)=O)c(N3CCOCC3)c2Cl)c1O. The molecule has 1 fully saturated rings. The zero-order chi connectivity index (χ0) is 20.6. The smallest absolute Gasteiger partial charge is 0.221 e. The molecular weight excluding hydrogens is 406 g/mol. The lowest BCUT2D eigenvalue weighted by atomic mass is 10.0. The summed E-state index contributed by atoms with van der Waals surface area (Å²) in [6.45, 7) is 5.42. The van der Waals surface area contributed by atoms with Gasteiger partial charge in [0.25, 0.3) is 0 Å². The molecule has 2 heterocycles. The topological polar surface area (TPSA) is 102 Å². The Bertz CT molecular complexity index is 1010. The van der Waals surface area contributed by atoms with Gasteiger partial charge in [-0.15, -0.1) is 0 Å². The molecule has 0 amide bonds. The second-order valence-corrected chi connectivity index (χ2v) is 9.26. The van der Waals surface area contributed by atoms with E-state index in [0.717, 1.165) is 6.26 Å². The van der Waals surface area contributed by atoms with Crippen molar-refractivity contribution in [1.29, 1.82) is 0 Å². The quantitative estimate of drug-likeness (QED) is 0.730. The van der Waals surface area contributed by atoms with Gasteiger partial charge >= 0.3 is 0 Å². The van der Waals surface area contributed by atoms with Gasteiger partial charge in [-0.3, -0.25) is 4.79 Å². The molecule has 1 saturated heterocycles. The van der Waals surface area contributed by atoms with Crippen molar-refractivity contribution in [2.24, 2.45) is 0 Å². The molecule has 0 atom stereocenters. The Hall–Kier alpha value is -2.10. The highest BCUT2D eigenvalue weighted by atomic mass is 35.5. The molecule has 3 rings (SSSR count). The molecule has 1 aromatic heterocycles. The maximum Gasteiger partial charge on any atom is 0.221 e. The van der Waals surface area contributed by atoms with E-state index >= 15 is 0 Å². The zero-order valence-electron chi connectivity index (χ0n) is 15.8. The number of carbonyl (C=O) groups is 1. The first-order valence-electron chi connectivity index (χ1n) is 8.79. The van der Waals surface area contributed by atoms with Crippen molar-refractivity contribution in [2.75, 3.05) is 37.5 Å². The number of nitrogens with zero attached hydrogens (tertiary/aromatic N) is 3. The van der Waals surface area contributed by atoms with E-state index in [1.54, 1.807) is 4.90 Å². The molecule has 2 aromatic rings. The van der Waals surface area contributed by atoms with Crippen LogP contribution in [0.25, 0.3) is 0 Å². The molecule has 1 aromatic carbocycles. The van der Waals surface area contributed by atoms with Crippen LogP contribution in [0.5, 0.6) is 5.88 Å². The fourth-order valence-electron chi connectivity index (χ4n) is 3.14. The minimum Gasteiger partial charge on any atom is -0.493 e. The first-order chi connectivity index (χ1) is 13.1. The third-order valence-electron chi connectivity index (χ3n) is 4.55. The molecule has 0 aliphatic carbocycles. The zero-order valence-corrected chi connectivity index (χ0v) is 17.4. The van der Waals surface area contributed by atoms with Crippen LogP contribution < -0.4 is 4.90 Å². The highest BCUT2D eigenvalue weighted by molar-refractivity contribution is 7.90. The average molecular weight is 428 g/mol. The summed E-state index contributed by atoms with van der Waals surface area (Å²) in [7, 11) is -3.57. The maximum absolute atomic E-state index is 13.0. The number of aromatic nitrogens is 2. The number of anilines is 1. The number of halogens is 1. The second-order valence-electron chi connectivity index (χ2n) is 6.89. The summed E-state index contributed by atoms with van der Waals surface area (Å²) in [6, 6.07) is 2.62. The van der Waals surface area contributed by atoms with Crippen molar-refractivity contribution >= 4 is 32.9 Å². The lowest BCUT2D eigenvalue weighted by Crippen LogP contribution is -2.37. The van der Waals surface area contributed by atoms with Crippen LogP contribution in [0.2, 0.25) is 5.02 Å². The van der Waals surface area contributed by atoms with Gasteiger partial charge in [-0.25, -0.2) is 13.1 Å². The number of sulfone groups is 1. The number of benzene rings is 1. The van der Waals surface area contributed by atoms with E-state index in [9.17, 15) is 18.3 Å². The summed E-state index contributed by atoms with van der Waals surface area (Å²) in [4.78, 5) is 14.9. The van der Waals surface area contributed by atoms with Crippen LogP contribution in [0, 0.1) is 0 Å². The Morgan fingerprint density at radius 2 is 1.89 bits per heavy atom. The van der Waals surface area contributed by atoms with Crippen LogP contribution in [0.1, 0.15) is 35.8 Å². The molecule has 0 unspecified atom stereocenters. The van der Waals surface area contributed by atoms with Crippen LogP contribution in [-0.2, 0) is 14.6 Å². The average Bonchev–Trinajstić information content (AvgIpc) is 3.02. The van der Waals surface area contributed by atoms with Gasteiger partial charge in [0, 0.05) is 24.9 Å². The van der Waals surface area contributed by atoms with Crippen molar-refractivity contribution in [3.8, 4) is 5.88 Å². The molecule has 0 saturated carbocycles. The Morgan fingerprint density at radius 1 is 1.25 bits per heavy atom. The fraction of sp³-hybridized carbons (Fsp3) is 0.444. The summed E-state index contributed by atoms with van der Waals surface area (Å²) >= 11 is 6.54. The highest BCUT2D eigenvalue weighted by Gasteiger charge is 2.29. The van der Waals surface area contributed by atoms with E-state index in [1.807, 2.05) is 13.8 Å². The van der Waals surface area contributed by atoms with Gasteiger partial charge < -0.3 is 14.7 Å². The number of aromatic hydroxyl groups is 1. The summed E-state index contributed by atoms with van der Waals surface area (Å²) in [5.41, 5.74) is 0.402. The third kappa shape index (κ3) is 3.74. The number of ether oxygens (including phenoxy) is 1. The number of hydrogen-bond donors (Lipinski definition) is 1. The predicted molar refractivity (Wildman–Crippen MR) is 105 cm³/mol. The first-order valence-corrected chi connectivity index (χ1v) is 11.1. The number of carbonyl (C=O) groups excluding carboxylic acids is 1. The van der Waals surface area contributed by atoms with Crippen molar-refractivity contribution in [3.63, 3.8) is 0 Å². The Labute approximate surface area is 168 Å². The van der Waals surface area contributed by atoms with Gasteiger partial charge in [-0.1, -0.05) is 11.6 Å². The van der Waals surface area contributed by atoms with E-state index in [4.69, 9.17) is 16.3 Å². The lowest BCUT2D eigenvalue weighted by Gasteiger charge is -2.31. The van der Waals surface area contributed by atoms with Crippen molar-refractivity contribution in [3.05, 3.63) is 34.5 Å². The van der Waals surface area contributed by atoms with Gasteiger partial charge in [-0.05, 0) is 26.0 Å². The molecule has 10 heteroatoms. The number of morpholine rings is 1. The van der Waals surface area contributed by atoms with E-state index in [1.165, 1.54) is 23.0 Å². The summed E-state index contributed by atoms with van der Waals surface area (Å²) < 4.78 is 31.2. The third-order valence-corrected chi connectivity index (χ3v) is 6.06. The van der Waals surface area contributed by atoms with Crippen LogP contribution in [0.3, 0.4) is 0 Å². The van der Waals surface area contributed by atoms with E-state index in [-0.39, 0.29) is 38.7 Å². The molecule has 1 aliphatic rings. The van der Waals surface area contributed by atoms with Crippen LogP contribution in [0.4, 0.5) is 5.69 Å². The van der Waals surface area contributed by atoms with Gasteiger partial charge in [0.1, 0.15) is 5.56 Å². The van der Waals surface area contributed by atoms with Gasteiger partial charge in [-0.2, -0.15) is 5.10 Å². The van der Waals surface area contributed by atoms with Crippen LogP contribution >= 0.6 is 11.6 Å². The van der Waals surface area contributed by atoms with E-state index in [0.29, 0.717) is 26.3 Å². The van der Waals surface area contributed by atoms with Crippen molar-refractivity contribution in [1.82, 2.24) is 9.78 Å². The first kappa shape index (κ1) is 20.6. The minimum absolute atomic E-state index is 0.00985. The van der Waals surface area contributed by atoms with E-state index < -0.39 is 15.6 Å². The molecule has 1 N–H and O–H groups in total. The van der Waals surface area contributed by atoms with Gasteiger partial charge in [0.05, 0.1) is 41.1 Å². The maximum atomic E-state index is 13.0. The summed E-state index contributed by atoms with van der Waals surface area (Å²) in [5.74, 6) is -0.778. The van der Waals surface area contributed by atoms with Gasteiger partial charge in [0.15, 0.2) is 9.84 Å². The lowest BCUT2D eigenvalue weighted by molar-refractivity contribution is 0.103. The van der Waals surface area contributed by atoms with Gasteiger partial charge in [0.2, 0.25) is 11.7 Å². The molecule has 0 bridgehead atoms. The largest absolute Gasteiger partial charge is 0.493 e. The number of hydrogen-bond acceptors (Lipinski definition) is 7. The van der Waals surface area contributed by atoms with Crippen molar-refractivity contribution in [2.45, 2.75) is 24.8 Å². The predicted octanol–water partition coefficient (Wildman–Crippen LogP) is 2.29. The molecule has 8 nitrogen and oxygen atoms in total. The highest BCUT2D eigenvalue weighted by Crippen LogP contribution is 2.38. The minimum atomic E-state index is -3.57. The molecular formula is C18H22ClN3O5S. The number of rotatable bonds is 5. The van der Waals surface area contributed by atoms with Crippen LogP contribution in [-0.4, -0.2) is 61.6 Å². The Kier molecular flexibility index (Phi) is 5.69. The number of ketones is 1. The standard InChI is InChI=1S/C18H22ClN3O5S/c1-11(2)22-18(24)13(10-20-22)17(23)12-4-5-14(28(3,25)26)16(15(12)19)21-6-8-27-9-7-21/h4-5,10-11,24H,6-9H2,1-3H3. The Balaban J connectivity index is 2.13. The molecule has 28 heavy (non-hydrogen) atoms. The Morgan fingerprint density at radius 3 is 2.43 bits per heavy atom. The second kappa shape index (κ2) is 7.73. The molecule has 1 aliphatic heterocycles. The summed E-state index contributed by atoms with van der Waals surface area (Å²) in [6.07, 6.45) is 2.38. The fourth-order valence-corrected chi connectivity index (χ4v) is 4.47. The normalized spacial score (nSPS) is 15.2. The van der Waals surface area contributed by atoms with Crippen LogP contribution in [0.15, 0.2) is 23.2 Å². The van der Waals surface area contributed by atoms with E-state index in [2.05, 4.69) is 5.10 Å². The summed E-state index contributed by atoms with van der Waals surface area (Å²) in [5, 5.41) is 14.4. The molecule has 0 radical (unpaired) electrons.